The molecule has 0 saturated carbocycles. The number of Topliss-reactive ketones (excluding diaryl/α,β-unsaturated/α-hetero) is 1. The summed E-state index contributed by atoms with van der Waals surface area (Å²) in [6.45, 7) is 14.5. The smallest absolute Gasteiger partial charge is 0.248 e. The van der Waals surface area contributed by atoms with Crippen molar-refractivity contribution in [3.05, 3.63) is 29.8 Å². The van der Waals surface area contributed by atoms with Crippen LogP contribution in [0.3, 0.4) is 0 Å². The second-order valence-corrected chi connectivity index (χ2v) is 22.1. The molecule has 2 saturated heterocycles. The number of phenolic OH excluding ortho intramolecular Hbond substituents is 1. The van der Waals surface area contributed by atoms with Crippen LogP contribution in [0, 0.1) is 11.8 Å². The Morgan fingerprint density at radius 2 is 1.29 bits per heavy atom. The number of nitrogens with zero attached hydrogens (tertiary/aromatic N) is 2. The normalized spacial score (nSPS) is 22.1. The zero-order valence-corrected chi connectivity index (χ0v) is 47.3. The number of nitrogens with one attached hydrogen (secondary N) is 5. The van der Waals surface area contributed by atoms with Crippen molar-refractivity contribution in [3.8, 4) is 5.75 Å². The number of aliphatic hydroxyl groups is 7. The molecule has 1 aromatic carbocycles. The van der Waals surface area contributed by atoms with Gasteiger partial charge in [-0.15, -0.1) is 0 Å². The third-order valence-corrected chi connectivity index (χ3v) is 15.3. The van der Waals surface area contributed by atoms with E-state index in [1.807, 2.05) is 6.92 Å². The van der Waals surface area contributed by atoms with Gasteiger partial charge >= 0.3 is 0 Å². The van der Waals surface area contributed by atoms with Crippen LogP contribution in [0.4, 0.5) is 0 Å². The quantitative estimate of drug-likeness (QED) is 0.0424. The minimum atomic E-state index is -2.23. The molecule has 0 radical (unpaired) electrons. The number of hydrogen-bond donors (Lipinski definition) is 13. The van der Waals surface area contributed by atoms with E-state index in [9.17, 15) is 74.4 Å². The van der Waals surface area contributed by atoms with E-state index in [-0.39, 0.29) is 43.5 Å². The molecule has 2 heterocycles. The van der Waals surface area contributed by atoms with Crippen molar-refractivity contribution in [2.24, 2.45) is 11.8 Å². The van der Waals surface area contributed by atoms with Gasteiger partial charge in [-0.1, -0.05) is 98.1 Å². The molecule has 22 heteroatoms. The lowest BCUT2D eigenvalue weighted by molar-refractivity contribution is -0.147. The van der Waals surface area contributed by atoms with Crippen LogP contribution in [0.25, 0.3) is 0 Å². The number of carbonyl (C=O) groups is 7. The lowest BCUT2D eigenvalue weighted by Crippen LogP contribution is -2.64. The maximum Gasteiger partial charge on any atom is 0.248 e. The van der Waals surface area contributed by atoms with E-state index in [4.69, 9.17) is 0 Å². The van der Waals surface area contributed by atoms with Crippen LogP contribution in [0.5, 0.6) is 5.75 Å². The lowest BCUT2D eigenvalue weighted by atomic mass is 9.91. The van der Waals surface area contributed by atoms with Crippen LogP contribution >= 0.6 is 0 Å². The summed E-state index contributed by atoms with van der Waals surface area (Å²) in [5, 5.41) is 101. The van der Waals surface area contributed by atoms with Crippen LogP contribution < -0.4 is 26.6 Å². The van der Waals surface area contributed by atoms with Crippen molar-refractivity contribution in [1.29, 1.82) is 0 Å². The minimum absolute atomic E-state index is 0.0218. The Morgan fingerprint density at radius 1 is 0.679 bits per heavy atom. The van der Waals surface area contributed by atoms with E-state index in [0.29, 0.717) is 31.2 Å². The summed E-state index contributed by atoms with van der Waals surface area (Å²) in [7, 11) is 0. The number of benzene rings is 1. The molecular formula is C56H95N7O15. The summed E-state index contributed by atoms with van der Waals surface area (Å²) in [5.41, 5.74) is -0.0303. The Kier molecular flexibility index (Phi) is 29.2. The largest absolute Gasteiger partial charge is 0.508 e. The number of amides is 6. The molecule has 0 aliphatic carbocycles. The fourth-order valence-corrected chi connectivity index (χ4v) is 10.4. The Balaban J connectivity index is 1.87. The van der Waals surface area contributed by atoms with Gasteiger partial charge in [0.2, 0.25) is 35.4 Å². The van der Waals surface area contributed by atoms with Crippen LogP contribution in [0.1, 0.15) is 170 Å². The molecule has 13 N–H and O–H groups in total. The van der Waals surface area contributed by atoms with E-state index in [1.54, 1.807) is 13.8 Å². The maximum absolute atomic E-state index is 14.5. The molecule has 2 aliphatic rings. The predicted molar refractivity (Wildman–Crippen MR) is 291 cm³/mol. The number of rotatable bonds is 35. The SMILES string of the molecule is CCCN[C@@H](C)[C@H](O)C[C@H](NC(=O)CCCCCCCCC(C)CC(C)CC)C(=O)N[C@H](C(=O)N1C[C@H](O)C[C@H]1C(=O)N[C@H](C(=O)N[C@H](C(=O)N1CC[C@H](O)[C@H]1C(C)=O)[C@H](O)CCC)[C@H](O)[C@@H](O)c1ccc(O)cc1)[C@@H](C)O. The van der Waals surface area contributed by atoms with Crippen molar-refractivity contribution < 1.29 is 74.4 Å². The van der Waals surface area contributed by atoms with Gasteiger partial charge < -0.3 is 77.2 Å². The van der Waals surface area contributed by atoms with Crippen molar-refractivity contribution >= 4 is 41.2 Å². The van der Waals surface area contributed by atoms with Gasteiger partial charge in [0, 0.05) is 38.4 Å². The number of phenols is 1. The fraction of sp³-hybridized carbons (Fsp3) is 0.768. The Morgan fingerprint density at radius 3 is 1.90 bits per heavy atom. The molecule has 2 fully saturated rings. The molecule has 1 aromatic rings. The van der Waals surface area contributed by atoms with Gasteiger partial charge in [0.1, 0.15) is 54.2 Å². The molecule has 2 unspecified atom stereocenters. The van der Waals surface area contributed by atoms with E-state index in [2.05, 4.69) is 47.4 Å². The molecule has 16 atom stereocenters. The van der Waals surface area contributed by atoms with E-state index in [1.165, 1.54) is 57.4 Å². The summed E-state index contributed by atoms with van der Waals surface area (Å²) in [5.74, 6) is -5.23. The van der Waals surface area contributed by atoms with Crippen LogP contribution in [0.2, 0.25) is 0 Å². The van der Waals surface area contributed by atoms with Gasteiger partial charge in [-0.3, -0.25) is 33.6 Å². The molecule has 6 amide bonds. The molecule has 444 valence electrons. The molecule has 0 spiro atoms. The van der Waals surface area contributed by atoms with Crippen molar-refractivity contribution in [3.63, 3.8) is 0 Å². The Labute approximate surface area is 460 Å². The van der Waals surface area contributed by atoms with Crippen LogP contribution in [-0.4, -0.2) is 190 Å². The first-order valence-electron chi connectivity index (χ1n) is 28.5. The van der Waals surface area contributed by atoms with E-state index in [0.717, 1.165) is 48.3 Å². The topological polar surface area (TPSA) is 348 Å². The van der Waals surface area contributed by atoms with Gasteiger partial charge in [-0.05, 0) is 89.0 Å². The molecular weight excluding hydrogens is 1010 g/mol. The Bertz CT molecular complexity index is 2050. The second-order valence-electron chi connectivity index (χ2n) is 22.1. The van der Waals surface area contributed by atoms with Crippen molar-refractivity contribution in [2.45, 2.75) is 243 Å². The van der Waals surface area contributed by atoms with Crippen LogP contribution in [-0.2, 0) is 33.6 Å². The first kappa shape index (κ1) is 67.5. The highest BCUT2D eigenvalue weighted by molar-refractivity contribution is 5.98. The van der Waals surface area contributed by atoms with Gasteiger partial charge in [0.25, 0.3) is 0 Å². The highest BCUT2D eigenvalue weighted by Gasteiger charge is 2.47. The van der Waals surface area contributed by atoms with Crippen molar-refractivity contribution in [2.75, 3.05) is 19.6 Å². The summed E-state index contributed by atoms with van der Waals surface area (Å²) in [4.78, 5) is 99.5. The fourth-order valence-electron chi connectivity index (χ4n) is 10.4. The average molecular weight is 1110 g/mol. The highest BCUT2D eigenvalue weighted by Crippen LogP contribution is 2.27. The summed E-state index contributed by atoms with van der Waals surface area (Å²) in [6.07, 6.45) is -1.59. The van der Waals surface area contributed by atoms with Gasteiger partial charge in [-0.25, -0.2) is 0 Å². The number of likely N-dealkylation sites (tertiary alicyclic amines) is 2. The lowest BCUT2D eigenvalue weighted by Gasteiger charge is -2.34. The number of aliphatic hydroxyl groups excluding tert-OH is 7. The first-order chi connectivity index (χ1) is 36.9. The third-order valence-electron chi connectivity index (χ3n) is 15.3. The van der Waals surface area contributed by atoms with Crippen LogP contribution in [0.15, 0.2) is 24.3 Å². The van der Waals surface area contributed by atoms with Crippen molar-refractivity contribution in [1.82, 2.24) is 36.4 Å². The Hall–Kier alpha value is -4.81. The summed E-state index contributed by atoms with van der Waals surface area (Å²) < 4.78 is 0. The predicted octanol–water partition coefficient (Wildman–Crippen LogP) is 1.11. The number of unbranched alkanes of at least 4 members (excludes halogenated alkanes) is 5. The number of β-amino-alcohol motifs (C(OH)–C–C–N with tert-alkyl or cyclic N) is 1. The molecule has 3 rings (SSSR count). The molecule has 78 heavy (non-hydrogen) atoms. The molecule has 2 aliphatic heterocycles. The zero-order chi connectivity index (χ0) is 58.4. The number of ketones is 1. The maximum atomic E-state index is 14.5. The number of hydrogen-bond acceptors (Lipinski definition) is 16. The van der Waals surface area contributed by atoms with E-state index >= 15 is 0 Å². The summed E-state index contributed by atoms with van der Waals surface area (Å²) in [6, 6.07) is -5.75. The number of aromatic hydroxyl groups is 1. The second kappa shape index (κ2) is 33.7. The van der Waals surface area contributed by atoms with Gasteiger partial charge in [0.15, 0.2) is 5.78 Å². The highest BCUT2D eigenvalue weighted by atomic mass is 16.3. The zero-order valence-electron chi connectivity index (χ0n) is 47.3. The monoisotopic (exact) mass is 1110 g/mol. The first-order valence-corrected chi connectivity index (χ1v) is 28.5. The molecule has 0 bridgehead atoms. The average Bonchev–Trinajstić information content (AvgIpc) is 3.99. The summed E-state index contributed by atoms with van der Waals surface area (Å²) >= 11 is 0. The molecule has 22 nitrogen and oxygen atoms in total. The molecule has 0 aromatic heterocycles. The third kappa shape index (κ3) is 20.7. The van der Waals surface area contributed by atoms with E-state index < -0.39 is 139 Å². The number of carbonyl (C=O) groups excluding carboxylic acids is 7. The standard InChI is InChI=1S/C56H95N7O15/c1-9-18-42(68)47(56(78)62-27-25-43(69)49(62)36(8)65)60-54(76)48(51(73)50(72)37-21-23-38(66)24-22-37)61-53(75)41-29-39(67)31-63(41)55(77)46(35(7)64)59-52(74)40(30-44(70)34(6)57-26-10-2)58-45(71)20-17-15-13-12-14-16-19-33(5)28-32(4)11-3/h21-24,32-35,39-44,46-51,57,64,66-70,72-73H,9-20,25-31H2,1-8H3,(H,58,71)(H,59,74)(H,60,76)(H,61,75)/t32?,33?,34-,35+,39+,40-,41-,42+,43-,44+,46-,47-,48-,49+,50-,51-/m0/s1. The minimum Gasteiger partial charge on any atom is -0.508 e. The van der Waals surface area contributed by atoms with Gasteiger partial charge in [-0.2, -0.15) is 0 Å². The van der Waals surface area contributed by atoms with Gasteiger partial charge in [0.05, 0.1) is 30.5 Å².